The van der Waals surface area contributed by atoms with Crippen molar-refractivity contribution in [1.82, 2.24) is 5.32 Å². The zero-order chi connectivity index (χ0) is 13.3. The molecule has 1 aromatic rings. The molecule has 98 valence electrons. The van der Waals surface area contributed by atoms with Gasteiger partial charge in [-0.1, -0.05) is 0 Å². The van der Waals surface area contributed by atoms with Crippen molar-refractivity contribution >= 4 is 11.4 Å². The summed E-state index contributed by atoms with van der Waals surface area (Å²) in [4.78, 5) is 10.2. The molecule has 1 saturated heterocycles. The number of rotatable bonds is 4. The third kappa shape index (κ3) is 2.41. The molecule has 0 aliphatic carbocycles. The Kier molecular flexibility index (Phi) is 3.18. The van der Waals surface area contributed by atoms with Gasteiger partial charge in [-0.15, -0.1) is 0 Å². The van der Waals surface area contributed by atoms with Crippen LogP contribution in [0, 0.1) is 22.9 Å². The minimum atomic E-state index is -0.893. The zero-order valence-corrected chi connectivity index (χ0v) is 9.86. The summed E-state index contributed by atoms with van der Waals surface area (Å²) in [7, 11) is 0. The van der Waals surface area contributed by atoms with Crippen LogP contribution >= 0.6 is 0 Å². The van der Waals surface area contributed by atoms with Gasteiger partial charge in [0.05, 0.1) is 11.0 Å². The van der Waals surface area contributed by atoms with Gasteiger partial charge < -0.3 is 15.7 Å². The van der Waals surface area contributed by atoms with E-state index in [-0.39, 0.29) is 17.9 Å². The third-order valence-corrected chi connectivity index (χ3v) is 2.99. The first kappa shape index (κ1) is 12.7. The lowest BCUT2D eigenvalue weighted by Crippen LogP contribution is -2.63. The molecule has 1 heterocycles. The van der Waals surface area contributed by atoms with Gasteiger partial charge in [0.2, 0.25) is 0 Å². The highest BCUT2D eigenvalue weighted by atomic mass is 19.1. The van der Waals surface area contributed by atoms with Gasteiger partial charge in [0.1, 0.15) is 17.1 Å². The van der Waals surface area contributed by atoms with Crippen LogP contribution in [-0.4, -0.2) is 35.3 Å². The van der Waals surface area contributed by atoms with Crippen molar-refractivity contribution in [2.45, 2.75) is 12.5 Å². The zero-order valence-electron chi connectivity index (χ0n) is 9.86. The summed E-state index contributed by atoms with van der Waals surface area (Å²) in [6.45, 7) is 2.59. The van der Waals surface area contributed by atoms with Crippen molar-refractivity contribution < 1.29 is 14.4 Å². The molecule has 7 heteroatoms. The number of hydrogen-bond acceptors (Lipinski definition) is 5. The van der Waals surface area contributed by atoms with Gasteiger partial charge in [0, 0.05) is 19.6 Å². The number of aliphatic hydroxyl groups is 1. The molecule has 1 aliphatic heterocycles. The van der Waals surface area contributed by atoms with Crippen molar-refractivity contribution in [2.75, 3.05) is 25.0 Å². The second kappa shape index (κ2) is 4.51. The Morgan fingerprint density at radius 3 is 2.78 bits per heavy atom. The highest BCUT2D eigenvalue weighted by molar-refractivity contribution is 5.63. The molecule has 6 nitrogen and oxygen atoms in total. The Morgan fingerprint density at radius 2 is 2.28 bits per heavy atom. The normalized spacial score (nSPS) is 17.1. The smallest absolute Gasteiger partial charge is 0.295 e. The summed E-state index contributed by atoms with van der Waals surface area (Å²) < 4.78 is 13.3. The van der Waals surface area contributed by atoms with Crippen LogP contribution in [0.2, 0.25) is 0 Å². The number of nitro benzene ring substituents is 1. The maximum atomic E-state index is 13.3. The molecule has 0 amide bonds. The summed E-state index contributed by atoms with van der Waals surface area (Å²) in [5, 5.41) is 26.4. The molecule has 2 rings (SSSR count). The molecule has 18 heavy (non-hydrogen) atoms. The van der Waals surface area contributed by atoms with Crippen molar-refractivity contribution in [1.29, 1.82) is 0 Å². The highest BCUT2D eigenvalue weighted by Gasteiger charge is 2.34. The Morgan fingerprint density at radius 1 is 1.61 bits per heavy atom. The van der Waals surface area contributed by atoms with E-state index in [1.54, 1.807) is 0 Å². The first-order valence-electron chi connectivity index (χ1n) is 5.53. The van der Waals surface area contributed by atoms with E-state index in [4.69, 9.17) is 0 Å². The van der Waals surface area contributed by atoms with Crippen molar-refractivity contribution in [3.05, 3.63) is 33.6 Å². The van der Waals surface area contributed by atoms with Gasteiger partial charge in [-0.05, 0) is 18.6 Å². The number of benzene rings is 1. The second-order valence-corrected chi connectivity index (χ2v) is 4.56. The average molecular weight is 255 g/mol. The van der Waals surface area contributed by atoms with Crippen LogP contribution in [0.1, 0.15) is 5.56 Å². The molecule has 0 unspecified atom stereocenters. The van der Waals surface area contributed by atoms with E-state index in [0.29, 0.717) is 18.7 Å². The topological polar surface area (TPSA) is 87.4 Å². The number of halogens is 1. The highest BCUT2D eigenvalue weighted by Crippen LogP contribution is 2.28. The van der Waals surface area contributed by atoms with Crippen LogP contribution in [0.4, 0.5) is 15.8 Å². The monoisotopic (exact) mass is 255 g/mol. The van der Waals surface area contributed by atoms with Gasteiger partial charge in [0.15, 0.2) is 0 Å². The van der Waals surface area contributed by atoms with Crippen LogP contribution in [0.25, 0.3) is 0 Å². The van der Waals surface area contributed by atoms with Gasteiger partial charge in [-0.25, -0.2) is 4.39 Å². The first-order chi connectivity index (χ1) is 8.41. The average Bonchev–Trinajstić information content (AvgIpc) is 2.27. The number of nitrogens with one attached hydrogen (secondary N) is 2. The first-order valence-corrected chi connectivity index (χ1v) is 5.53. The van der Waals surface area contributed by atoms with Crippen molar-refractivity contribution in [3.8, 4) is 0 Å². The Hall–Kier alpha value is -1.73. The van der Waals surface area contributed by atoms with Gasteiger partial charge in [-0.2, -0.15) is 0 Å². The summed E-state index contributed by atoms with van der Waals surface area (Å²) in [6, 6.07) is 2.27. The summed E-state index contributed by atoms with van der Waals surface area (Å²) in [5.41, 5.74) is -0.675. The largest absolute Gasteiger partial charge is 0.385 e. The summed E-state index contributed by atoms with van der Waals surface area (Å²) >= 11 is 0. The fourth-order valence-electron chi connectivity index (χ4n) is 1.76. The predicted octanol–water partition coefficient (Wildman–Crippen LogP) is 0.789. The maximum Gasteiger partial charge on any atom is 0.295 e. The van der Waals surface area contributed by atoms with Gasteiger partial charge in [-0.3, -0.25) is 10.1 Å². The standard InChI is InChI=1S/C11H14FN3O3/c1-7-2-9(10(15(17)18)3-8(7)12)14-6-11(16)4-13-5-11/h2-3,13-14,16H,4-6H2,1H3. The molecule has 0 bridgehead atoms. The molecular formula is C11H14FN3O3. The van der Waals surface area contributed by atoms with E-state index in [0.717, 1.165) is 6.07 Å². The molecule has 3 N–H and O–H groups in total. The van der Waals surface area contributed by atoms with E-state index in [9.17, 15) is 19.6 Å². The van der Waals surface area contributed by atoms with Crippen LogP contribution in [0.3, 0.4) is 0 Å². The molecular weight excluding hydrogens is 241 g/mol. The van der Waals surface area contributed by atoms with Crippen LogP contribution in [-0.2, 0) is 0 Å². The maximum absolute atomic E-state index is 13.3. The van der Waals surface area contributed by atoms with Gasteiger partial charge in [0.25, 0.3) is 5.69 Å². The van der Waals surface area contributed by atoms with E-state index < -0.39 is 16.3 Å². The SMILES string of the molecule is Cc1cc(NCC2(O)CNC2)c([N+](=O)[O-])cc1F. The Balaban J connectivity index is 2.20. The fraction of sp³-hybridized carbons (Fsp3) is 0.455. The van der Waals surface area contributed by atoms with Crippen molar-refractivity contribution in [2.24, 2.45) is 0 Å². The minimum absolute atomic E-state index is 0.186. The quantitative estimate of drug-likeness (QED) is 0.547. The van der Waals surface area contributed by atoms with E-state index in [1.165, 1.54) is 13.0 Å². The lowest BCUT2D eigenvalue weighted by molar-refractivity contribution is -0.384. The molecule has 1 aliphatic rings. The number of β-amino-alcohol motifs (C(OH)–C–C–N with tert-alkyl or cyclic N) is 1. The molecule has 0 atom stereocenters. The number of nitro groups is 1. The second-order valence-electron chi connectivity index (χ2n) is 4.56. The van der Waals surface area contributed by atoms with Crippen molar-refractivity contribution in [3.63, 3.8) is 0 Å². The number of anilines is 1. The van der Waals surface area contributed by atoms with E-state index in [1.807, 2.05) is 0 Å². The van der Waals surface area contributed by atoms with Gasteiger partial charge >= 0.3 is 0 Å². The number of hydrogen-bond donors (Lipinski definition) is 3. The molecule has 0 aromatic heterocycles. The molecule has 0 saturated carbocycles. The number of nitrogens with zero attached hydrogens (tertiary/aromatic N) is 1. The van der Waals surface area contributed by atoms with Crippen LogP contribution in [0.15, 0.2) is 12.1 Å². The Bertz CT molecular complexity index is 489. The molecule has 1 aromatic carbocycles. The minimum Gasteiger partial charge on any atom is -0.385 e. The summed E-state index contributed by atoms with van der Waals surface area (Å²) in [6.07, 6.45) is 0. The molecule has 0 spiro atoms. The van der Waals surface area contributed by atoms with Crippen LogP contribution < -0.4 is 10.6 Å². The molecule has 0 radical (unpaired) electrons. The number of aryl methyl sites for hydroxylation is 1. The van der Waals surface area contributed by atoms with E-state index >= 15 is 0 Å². The summed E-state index contributed by atoms with van der Waals surface area (Å²) in [5.74, 6) is -0.615. The van der Waals surface area contributed by atoms with E-state index in [2.05, 4.69) is 10.6 Å². The third-order valence-electron chi connectivity index (χ3n) is 2.99. The lowest BCUT2D eigenvalue weighted by atomic mass is 9.97. The molecule has 1 fully saturated rings. The Labute approximate surface area is 103 Å². The van der Waals surface area contributed by atoms with Crippen LogP contribution in [0.5, 0.6) is 0 Å². The fourth-order valence-corrected chi connectivity index (χ4v) is 1.76. The predicted molar refractivity (Wildman–Crippen MR) is 64.1 cm³/mol. The lowest BCUT2D eigenvalue weighted by Gasteiger charge is -2.37.